The molecule has 0 bridgehead atoms. The number of hydrogen-bond acceptors (Lipinski definition) is 3. The van der Waals surface area contributed by atoms with Crippen LogP contribution >= 0.6 is 35.3 Å². The van der Waals surface area contributed by atoms with E-state index in [1.807, 2.05) is 18.2 Å². The first kappa shape index (κ1) is 15.0. The monoisotopic (exact) mass is 302 g/mol. The first-order valence-electron chi connectivity index (χ1n) is 5.12. The number of halogens is 2. The van der Waals surface area contributed by atoms with Crippen molar-refractivity contribution in [2.75, 3.05) is 11.2 Å². The van der Waals surface area contributed by atoms with Crippen LogP contribution in [0.1, 0.15) is 10.4 Å². The van der Waals surface area contributed by atoms with Crippen LogP contribution in [-0.4, -0.2) is 16.8 Å². The van der Waals surface area contributed by atoms with Gasteiger partial charge in [0.1, 0.15) is 5.88 Å². The lowest BCUT2D eigenvalue weighted by molar-refractivity contribution is -0.113. The molecule has 0 radical (unpaired) electrons. The molecule has 1 aromatic carbocycles. The molecular weight excluding hydrogens is 291 g/mol. The van der Waals surface area contributed by atoms with E-state index in [0.29, 0.717) is 5.13 Å². The SMILES string of the molecule is Cl.O=C(CCl)Nc1ncc(Cc2ccccc2)s1. The molecule has 1 aromatic heterocycles. The maximum absolute atomic E-state index is 11.1. The predicted octanol–water partition coefficient (Wildman–Crippen LogP) is 3.33. The van der Waals surface area contributed by atoms with Gasteiger partial charge in [0.05, 0.1) is 0 Å². The first-order chi connectivity index (χ1) is 8.28. The number of aromatic nitrogens is 1. The highest BCUT2D eigenvalue weighted by atomic mass is 35.5. The van der Waals surface area contributed by atoms with Crippen LogP contribution in [0.4, 0.5) is 5.13 Å². The summed E-state index contributed by atoms with van der Waals surface area (Å²) in [6, 6.07) is 10.1. The smallest absolute Gasteiger partial charge is 0.241 e. The Morgan fingerprint density at radius 1 is 1.33 bits per heavy atom. The van der Waals surface area contributed by atoms with E-state index in [0.717, 1.165) is 11.3 Å². The summed E-state index contributed by atoms with van der Waals surface area (Å²) >= 11 is 6.87. The molecule has 18 heavy (non-hydrogen) atoms. The molecule has 1 heterocycles. The zero-order valence-corrected chi connectivity index (χ0v) is 11.8. The highest BCUT2D eigenvalue weighted by molar-refractivity contribution is 7.15. The number of anilines is 1. The molecule has 0 unspecified atom stereocenters. The van der Waals surface area contributed by atoms with Crippen LogP contribution in [0.25, 0.3) is 0 Å². The topological polar surface area (TPSA) is 42.0 Å². The van der Waals surface area contributed by atoms with Crippen molar-refractivity contribution >= 4 is 46.4 Å². The van der Waals surface area contributed by atoms with Gasteiger partial charge in [-0.3, -0.25) is 4.79 Å². The van der Waals surface area contributed by atoms with Gasteiger partial charge in [-0.05, 0) is 5.56 Å². The quantitative estimate of drug-likeness (QED) is 0.880. The zero-order valence-electron chi connectivity index (χ0n) is 9.43. The molecule has 0 aliphatic rings. The molecule has 0 aliphatic carbocycles. The fourth-order valence-corrected chi connectivity index (χ4v) is 2.33. The number of carbonyl (C=O) groups is 1. The third-order valence-electron chi connectivity index (χ3n) is 2.14. The molecule has 0 spiro atoms. The number of alkyl halides is 1. The zero-order chi connectivity index (χ0) is 12.1. The van der Waals surface area contributed by atoms with Crippen molar-refractivity contribution in [3.63, 3.8) is 0 Å². The molecule has 0 atom stereocenters. The fourth-order valence-electron chi connectivity index (χ4n) is 1.40. The summed E-state index contributed by atoms with van der Waals surface area (Å²) in [6.07, 6.45) is 2.61. The normalized spacial score (nSPS) is 9.61. The molecule has 0 fully saturated rings. The van der Waals surface area contributed by atoms with Crippen molar-refractivity contribution in [1.82, 2.24) is 4.98 Å². The summed E-state index contributed by atoms with van der Waals surface area (Å²) < 4.78 is 0. The number of benzene rings is 1. The highest BCUT2D eigenvalue weighted by Crippen LogP contribution is 2.20. The summed E-state index contributed by atoms with van der Waals surface area (Å²) in [7, 11) is 0. The Balaban J connectivity index is 0.00000162. The molecule has 0 aliphatic heterocycles. The van der Waals surface area contributed by atoms with Crippen LogP contribution in [0, 0.1) is 0 Å². The van der Waals surface area contributed by atoms with Crippen LogP contribution < -0.4 is 5.32 Å². The Kier molecular flexibility index (Phi) is 6.12. The third kappa shape index (κ3) is 4.29. The van der Waals surface area contributed by atoms with E-state index in [1.165, 1.54) is 16.9 Å². The van der Waals surface area contributed by atoms with Crippen molar-refractivity contribution in [2.45, 2.75) is 6.42 Å². The fraction of sp³-hybridized carbons (Fsp3) is 0.167. The Labute approximate surface area is 121 Å². The number of carbonyl (C=O) groups excluding carboxylic acids is 1. The van der Waals surface area contributed by atoms with Gasteiger partial charge in [0, 0.05) is 17.5 Å². The standard InChI is InChI=1S/C12H11ClN2OS.ClH/c13-7-11(16)15-12-14-8-10(17-12)6-9-4-2-1-3-5-9;/h1-5,8H,6-7H2,(H,14,15,16);1H. The van der Waals surface area contributed by atoms with Crippen molar-refractivity contribution in [1.29, 1.82) is 0 Å². The molecule has 96 valence electrons. The molecule has 6 heteroatoms. The van der Waals surface area contributed by atoms with E-state index in [1.54, 1.807) is 6.20 Å². The van der Waals surface area contributed by atoms with Gasteiger partial charge < -0.3 is 5.32 Å². The van der Waals surface area contributed by atoms with Crippen LogP contribution in [0.5, 0.6) is 0 Å². The minimum Gasteiger partial charge on any atom is -0.301 e. The van der Waals surface area contributed by atoms with Crippen molar-refractivity contribution in [3.8, 4) is 0 Å². The van der Waals surface area contributed by atoms with Crippen LogP contribution in [-0.2, 0) is 11.2 Å². The number of amides is 1. The van der Waals surface area contributed by atoms with Crippen molar-refractivity contribution in [3.05, 3.63) is 47.0 Å². The van der Waals surface area contributed by atoms with Gasteiger partial charge in [0.25, 0.3) is 0 Å². The summed E-state index contributed by atoms with van der Waals surface area (Å²) in [5, 5.41) is 3.23. The molecule has 0 saturated carbocycles. The van der Waals surface area contributed by atoms with Gasteiger partial charge in [-0.15, -0.1) is 35.3 Å². The van der Waals surface area contributed by atoms with E-state index in [2.05, 4.69) is 22.4 Å². The second-order valence-corrected chi connectivity index (χ2v) is 4.86. The Bertz CT molecular complexity index is 502. The van der Waals surface area contributed by atoms with E-state index < -0.39 is 0 Å². The number of thiazole rings is 1. The second-order valence-electron chi connectivity index (χ2n) is 3.48. The molecule has 1 amide bonds. The van der Waals surface area contributed by atoms with Gasteiger partial charge in [-0.1, -0.05) is 30.3 Å². The van der Waals surface area contributed by atoms with E-state index >= 15 is 0 Å². The summed E-state index contributed by atoms with van der Waals surface area (Å²) in [4.78, 5) is 16.3. The van der Waals surface area contributed by atoms with Gasteiger partial charge in [0.2, 0.25) is 5.91 Å². The number of hydrogen-bond donors (Lipinski definition) is 1. The first-order valence-corrected chi connectivity index (χ1v) is 6.47. The van der Waals surface area contributed by atoms with E-state index in [4.69, 9.17) is 11.6 Å². The largest absolute Gasteiger partial charge is 0.301 e. The maximum atomic E-state index is 11.1. The van der Waals surface area contributed by atoms with Crippen LogP contribution in [0.2, 0.25) is 0 Å². The van der Waals surface area contributed by atoms with Crippen LogP contribution in [0.15, 0.2) is 36.5 Å². The summed E-state index contributed by atoms with van der Waals surface area (Å²) in [5.41, 5.74) is 1.23. The maximum Gasteiger partial charge on any atom is 0.241 e. The third-order valence-corrected chi connectivity index (χ3v) is 3.30. The van der Waals surface area contributed by atoms with Gasteiger partial charge in [-0.25, -0.2) is 4.98 Å². The highest BCUT2D eigenvalue weighted by Gasteiger charge is 2.05. The van der Waals surface area contributed by atoms with E-state index in [9.17, 15) is 4.79 Å². The average molecular weight is 303 g/mol. The van der Waals surface area contributed by atoms with Crippen LogP contribution in [0.3, 0.4) is 0 Å². The van der Waals surface area contributed by atoms with Gasteiger partial charge in [-0.2, -0.15) is 0 Å². The van der Waals surface area contributed by atoms with Gasteiger partial charge in [0.15, 0.2) is 5.13 Å². The number of nitrogens with one attached hydrogen (secondary N) is 1. The molecule has 1 N–H and O–H groups in total. The summed E-state index contributed by atoms with van der Waals surface area (Å²) in [5.74, 6) is -0.277. The molecular formula is C12H12Cl2N2OS. The number of nitrogens with zero attached hydrogens (tertiary/aromatic N) is 1. The Morgan fingerprint density at radius 2 is 2.06 bits per heavy atom. The van der Waals surface area contributed by atoms with Crippen molar-refractivity contribution < 1.29 is 4.79 Å². The van der Waals surface area contributed by atoms with E-state index in [-0.39, 0.29) is 24.2 Å². The molecule has 3 nitrogen and oxygen atoms in total. The van der Waals surface area contributed by atoms with Crippen molar-refractivity contribution in [2.24, 2.45) is 0 Å². The second kappa shape index (κ2) is 7.36. The minimum atomic E-state index is -0.229. The predicted molar refractivity (Wildman–Crippen MR) is 78.0 cm³/mol. The molecule has 2 aromatic rings. The Hall–Kier alpha value is -1.10. The minimum absolute atomic E-state index is 0. The Morgan fingerprint density at radius 3 is 2.72 bits per heavy atom. The number of rotatable bonds is 4. The van der Waals surface area contributed by atoms with Gasteiger partial charge >= 0.3 is 0 Å². The lowest BCUT2D eigenvalue weighted by Gasteiger charge is -1.97. The lowest BCUT2D eigenvalue weighted by atomic mass is 10.1. The average Bonchev–Trinajstić information content (AvgIpc) is 2.77. The lowest BCUT2D eigenvalue weighted by Crippen LogP contribution is -2.11. The summed E-state index contributed by atoms with van der Waals surface area (Å²) in [6.45, 7) is 0. The molecule has 2 rings (SSSR count). The molecule has 0 saturated heterocycles.